The third-order valence-corrected chi connectivity index (χ3v) is 4.66. The first-order valence-corrected chi connectivity index (χ1v) is 7.21. The molecule has 1 aliphatic heterocycles. The molecular formula is C14H22N2S. The van der Waals surface area contributed by atoms with E-state index in [0.29, 0.717) is 4.75 Å². The van der Waals surface area contributed by atoms with Gasteiger partial charge in [0.05, 0.1) is 0 Å². The van der Waals surface area contributed by atoms with E-state index in [2.05, 4.69) is 49.6 Å². The van der Waals surface area contributed by atoms with Crippen molar-refractivity contribution >= 4 is 23.1 Å². The summed E-state index contributed by atoms with van der Waals surface area (Å²) in [5.41, 5.74) is 9.32. The first-order chi connectivity index (χ1) is 7.96. The molecule has 0 spiro atoms. The predicted octanol–water partition coefficient (Wildman–Crippen LogP) is 3.30. The van der Waals surface area contributed by atoms with Crippen molar-refractivity contribution in [3.8, 4) is 0 Å². The smallest absolute Gasteiger partial charge is 0.0389 e. The molecule has 1 aromatic carbocycles. The molecule has 2 rings (SSSR count). The second-order valence-electron chi connectivity index (χ2n) is 5.45. The molecule has 1 saturated heterocycles. The molecule has 0 bridgehead atoms. The molecule has 0 aromatic heterocycles. The molecule has 3 heteroatoms. The van der Waals surface area contributed by atoms with Gasteiger partial charge in [-0.3, -0.25) is 0 Å². The van der Waals surface area contributed by atoms with E-state index >= 15 is 0 Å². The van der Waals surface area contributed by atoms with Gasteiger partial charge in [-0.15, -0.1) is 0 Å². The van der Waals surface area contributed by atoms with Crippen molar-refractivity contribution in [2.75, 3.05) is 29.5 Å². The van der Waals surface area contributed by atoms with Crippen LogP contribution in [-0.4, -0.2) is 23.6 Å². The summed E-state index contributed by atoms with van der Waals surface area (Å²) in [6, 6.07) is 6.36. The lowest BCUT2D eigenvalue weighted by atomic mass is 10.1. The average molecular weight is 250 g/mol. The van der Waals surface area contributed by atoms with Crippen molar-refractivity contribution in [2.24, 2.45) is 0 Å². The van der Waals surface area contributed by atoms with E-state index in [1.54, 1.807) is 0 Å². The summed E-state index contributed by atoms with van der Waals surface area (Å²) in [6.07, 6.45) is 1.23. The van der Waals surface area contributed by atoms with E-state index in [9.17, 15) is 0 Å². The Hall–Kier alpha value is -0.830. The van der Waals surface area contributed by atoms with Crippen LogP contribution in [0.15, 0.2) is 18.2 Å². The summed E-state index contributed by atoms with van der Waals surface area (Å²) in [6.45, 7) is 9.04. The monoisotopic (exact) mass is 250 g/mol. The summed E-state index contributed by atoms with van der Waals surface area (Å²) >= 11 is 2.08. The molecule has 1 aromatic rings. The lowest BCUT2D eigenvalue weighted by molar-refractivity contribution is 0.638. The van der Waals surface area contributed by atoms with Gasteiger partial charge in [0, 0.05) is 35.0 Å². The number of rotatable bonds is 1. The van der Waals surface area contributed by atoms with Crippen molar-refractivity contribution in [3.63, 3.8) is 0 Å². The highest BCUT2D eigenvalue weighted by Crippen LogP contribution is 2.32. The number of nitrogen functional groups attached to an aromatic ring is 1. The van der Waals surface area contributed by atoms with E-state index < -0.39 is 0 Å². The normalized spacial score (nSPS) is 20.1. The van der Waals surface area contributed by atoms with Crippen LogP contribution in [0.4, 0.5) is 11.4 Å². The van der Waals surface area contributed by atoms with Crippen molar-refractivity contribution in [1.82, 2.24) is 0 Å². The molecule has 1 fully saturated rings. The molecule has 94 valence electrons. The third kappa shape index (κ3) is 3.32. The number of nitrogens with zero attached hydrogens (tertiary/aromatic N) is 1. The summed E-state index contributed by atoms with van der Waals surface area (Å²) in [5, 5.41) is 0. The Balaban J connectivity index is 2.17. The lowest BCUT2D eigenvalue weighted by Crippen LogP contribution is -2.27. The van der Waals surface area contributed by atoms with E-state index in [-0.39, 0.29) is 0 Å². The molecule has 0 aliphatic carbocycles. The molecule has 1 aliphatic rings. The van der Waals surface area contributed by atoms with Crippen LogP contribution in [0.3, 0.4) is 0 Å². The van der Waals surface area contributed by atoms with E-state index in [1.807, 2.05) is 6.07 Å². The number of thioether (sulfide) groups is 1. The highest BCUT2D eigenvalue weighted by Gasteiger charge is 2.23. The maximum atomic E-state index is 5.93. The molecule has 2 N–H and O–H groups in total. The fraction of sp³-hybridized carbons (Fsp3) is 0.571. The van der Waals surface area contributed by atoms with Crippen LogP contribution < -0.4 is 10.6 Å². The Labute approximate surface area is 109 Å². The third-order valence-electron chi connectivity index (χ3n) is 3.29. The van der Waals surface area contributed by atoms with Crippen LogP contribution in [0.5, 0.6) is 0 Å². The van der Waals surface area contributed by atoms with Crippen LogP contribution in [0.2, 0.25) is 0 Å². The van der Waals surface area contributed by atoms with Gasteiger partial charge in [0.25, 0.3) is 0 Å². The van der Waals surface area contributed by atoms with Crippen molar-refractivity contribution in [1.29, 1.82) is 0 Å². The second-order valence-corrected chi connectivity index (χ2v) is 7.25. The maximum absolute atomic E-state index is 5.93. The highest BCUT2D eigenvalue weighted by molar-refractivity contribution is 8.00. The van der Waals surface area contributed by atoms with Gasteiger partial charge in [0.2, 0.25) is 0 Å². The lowest BCUT2D eigenvalue weighted by Gasteiger charge is -2.24. The minimum absolute atomic E-state index is 0.407. The second kappa shape index (κ2) is 4.81. The molecule has 17 heavy (non-hydrogen) atoms. The predicted molar refractivity (Wildman–Crippen MR) is 79.0 cm³/mol. The minimum Gasteiger partial charge on any atom is -0.399 e. The Morgan fingerprint density at radius 2 is 2.00 bits per heavy atom. The van der Waals surface area contributed by atoms with E-state index in [1.165, 1.54) is 23.4 Å². The molecule has 2 nitrogen and oxygen atoms in total. The zero-order chi connectivity index (χ0) is 12.5. The standard InChI is InChI=1S/C14H22N2S/c1-11-8-12(15)10-13(9-11)16-5-4-14(2,3)17-7-6-16/h8-10H,4-7,15H2,1-3H3. The molecule has 0 saturated carbocycles. The van der Waals surface area contributed by atoms with Crippen LogP contribution >= 0.6 is 11.8 Å². The first kappa shape index (κ1) is 12.6. The average Bonchev–Trinajstić information content (AvgIpc) is 2.38. The minimum atomic E-state index is 0.407. The SMILES string of the molecule is Cc1cc(N)cc(N2CCSC(C)(C)CC2)c1. The molecule has 0 amide bonds. The van der Waals surface area contributed by atoms with Gasteiger partial charge in [-0.05, 0) is 37.1 Å². The Kier molecular flexibility index (Phi) is 3.57. The number of aryl methyl sites for hydroxylation is 1. The van der Waals surface area contributed by atoms with Crippen LogP contribution in [0.1, 0.15) is 25.8 Å². The Morgan fingerprint density at radius 3 is 2.71 bits per heavy atom. The molecule has 0 atom stereocenters. The number of hydrogen-bond acceptors (Lipinski definition) is 3. The summed E-state index contributed by atoms with van der Waals surface area (Å²) < 4.78 is 0.407. The highest BCUT2D eigenvalue weighted by atomic mass is 32.2. The molecule has 0 unspecified atom stereocenters. The quantitative estimate of drug-likeness (QED) is 0.775. The molecule has 1 heterocycles. The van der Waals surface area contributed by atoms with Crippen LogP contribution in [-0.2, 0) is 0 Å². The van der Waals surface area contributed by atoms with E-state index in [4.69, 9.17) is 5.73 Å². The largest absolute Gasteiger partial charge is 0.399 e. The van der Waals surface area contributed by atoms with Gasteiger partial charge < -0.3 is 10.6 Å². The fourth-order valence-electron chi connectivity index (χ4n) is 2.25. The summed E-state index contributed by atoms with van der Waals surface area (Å²) in [7, 11) is 0. The van der Waals surface area contributed by atoms with E-state index in [0.717, 1.165) is 18.8 Å². The summed E-state index contributed by atoms with van der Waals surface area (Å²) in [5.74, 6) is 1.20. The fourth-order valence-corrected chi connectivity index (χ4v) is 3.35. The maximum Gasteiger partial charge on any atom is 0.0389 e. The molecular weight excluding hydrogens is 228 g/mol. The van der Waals surface area contributed by atoms with Crippen molar-refractivity contribution in [3.05, 3.63) is 23.8 Å². The van der Waals surface area contributed by atoms with Crippen molar-refractivity contribution in [2.45, 2.75) is 31.9 Å². The number of anilines is 2. The number of benzene rings is 1. The zero-order valence-electron chi connectivity index (χ0n) is 11.0. The van der Waals surface area contributed by atoms with Gasteiger partial charge >= 0.3 is 0 Å². The van der Waals surface area contributed by atoms with Gasteiger partial charge in [-0.1, -0.05) is 13.8 Å². The van der Waals surface area contributed by atoms with Gasteiger partial charge in [0.15, 0.2) is 0 Å². The van der Waals surface area contributed by atoms with Gasteiger partial charge in [-0.2, -0.15) is 11.8 Å². The molecule has 0 radical (unpaired) electrons. The summed E-state index contributed by atoms with van der Waals surface area (Å²) in [4.78, 5) is 2.46. The zero-order valence-corrected chi connectivity index (χ0v) is 11.8. The first-order valence-electron chi connectivity index (χ1n) is 6.22. The van der Waals surface area contributed by atoms with Gasteiger partial charge in [-0.25, -0.2) is 0 Å². The Morgan fingerprint density at radius 1 is 1.24 bits per heavy atom. The van der Waals surface area contributed by atoms with Crippen LogP contribution in [0, 0.1) is 6.92 Å². The van der Waals surface area contributed by atoms with Crippen LogP contribution in [0.25, 0.3) is 0 Å². The van der Waals surface area contributed by atoms with Gasteiger partial charge in [0.1, 0.15) is 0 Å². The van der Waals surface area contributed by atoms with Crippen molar-refractivity contribution < 1.29 is 0 Å². The Bertz CT molecular complexity index is 381. The number of nitrogens with two attached hydrogens (primary N) is 1. The topological polar surface area (TPSA) is 29.3 Å². The number of hydrogen-bond donors (Lipinski definition) is 1.